The van der Waals surface area contributed by atoms with Crippen molar-refractivity contribution in [1.82, 2.24) is 4.72 Å². The normalized spacial score (nSPS) is 11.6. The Labute approximate surface area is 150 Å². The molecule has 0 spiro atoms. The van der Waals surface area contributed by atoms with Crippen LogP contribution in [0.2, 0.25) is 0 Å². The summed E-state index contributed by atoms with van der Waals surface area (Å²) in [6.45, 7) is 6.23. The second-order valence-electron chi connectivity index (χ2n) is 6.07. The molecule has 25 heavy (non-hydrogen) atoms. The molecule has 0 amide bonds. The predicted octanol–water partition coefficient (Wildman–Crippen LogP) is 3.48. The van der Waals surface area contributed by atoms with Crippen LogP contribution < -0.4 is 14.2 Å². The molecule has 0 saturated carbocycles. The van der Waals surface area contributed by atoms with Gasteiger partial charge in [0.15, 0.2) is 0 Å². The second kappa shape index (κ2) is 8.36. The summed E-state index contributed by atoms with van der Waals surface area (Å²) >= 11 is 0. The zero-order valence-corrected chi connectivity index (χ0v) is 15.9. The van der Waals surface area contributed by atoms with Crippen molar-refractivity contribution in [3.05, 3.63) is 53.6 Å². The van der Waals surface area contributed by atoms with Crippen LogP contribution in [0.15, 0.2) is 47.4 Å². The van der Waals surface area contributed by atoms with E-state index in [4.69, 9.17) is 9.47 Å². The first-order valence-electron chi connectivity index (χ1n) is 8.21. The molecule has 0 fully saturated rings. The Morgan fingerprint density at radius 2 is 1.80 bits per heavy atom. The van der Waals surface area contributed by atoms with Crippen LogP contribution in [0.5, 0.6) is 11.5 Å². The lowest BCUT2D eigenvalue weighted by molar-refractivity contribution is 0.323. The fourth-order valence-electron chi connectivity index (χ4n) is 2.53. The minimum absolute atomic E-state index is 0.158. The highest BCUT2D eigenvalue weighted by atomic mass is 32.2. The third kappa shape index (κ3) is 4.96. The maximum Gasteiger partial charge on any atom is 0.240 e. The summed E-state index contributed by atoms with van der Waals surface area (Å²) in [4.78, 5) is 0.275. The van der Waals surface area contributed by atoms with Crippen molar-refractivity contribution in [2.24, 2.45) is 0 Å². The van der Waals surface area contributed by atoms with E-state index >= 15 is 0 Å². The molecule has 0 aliphatic heterocycles. The highest BCUT2D eigenvalue weighted by Crippen LogP contribution is 2.31. The fraction of sp³-hybridized carbons (Fsp3) is 0.368. The molecule has 1 N–H and O–H groups in total. The Hall–Kier alpha value is -2.05. The molecule has 5 nitrogen and oxygen atoms in total. The molecular weight excluding hydrogens is 338 g/mol. The van der Waals surface area contributed by atoms with Crippen LogP contribution in [-0.2, 0) is 10.0 Å². The van der Waals surface area contributed by atoms with Gasteiger partial charge in [0.05, 0.1) is 12.0 Å². The van der Waals surface area contributed by atoms with E-state index in [1.165, 1.54) is 0 Å². The van der Waals surface area contributed by atoms with Gasteiger partial charge < -0.3 is 9.47 Å². The lowest BCUT2D eigenvalue weighted by Gasteiger charge is -2.16. The Bertz CT molecular complexity index is 802. The number of methoxy groups -OCH3 is 1. The first-order chi connectivity index (χ1) is 11.8. The number of hydrogen-bond donors (Lipinski definition) is 1. The maximum atomic E-state index is 12.6. The summed E-state index contributed by atoms with van der Waals surface area (Å²) in [5.74, 6) is 1.58. The molecule has 0 aromatic heterocycles. The van der Waals surface area contributed by atoms with E-state index in [-0.39, 0.29) is 24.0 Å². The number of hydrogen-bond acceptors (Lipinski definition) is 4. The van der Waals surface area contributed by atoms with Crippen LogP contribution in [0.3, 0.4) is 0 Å². The number of aryl methyl sites for hydroxylation is 1. The van der Waals surface area contributed by atoms with E-state index < -0.39 is 10.0 Å². The van der Waals surface area contributed by atoms with E-state index in [0.29, 0.717) is 17.1 Å². The van der Waals surface area contributed by atoms with Gasteiger partial charge in [-0.2, -0.15) is 0 Å². The summed E-state index contributed by atoms with van der Waals surface area (Å²) in [5, 5.41) is 0. The molecule has 0 radical (unpaired) electrons. The van der Waals surface area contributed by atoms with Gasteiger partial charge >= 0.3 is 0 Å². The average molecular weight is 363 g/mol. The number of nitrogens with one attached hydrogen (secondary N) is 1. The minimum Gasteiger partial charge on any atom is -0.496 e. The summed E-state index contributed by atoms with van der Waals surface area (Å²) < 4.78 is 38.7. The van der Waals surface area contributed by atoms with Crippen LogP contribution in [0.25, 0.3) is 0 Å². The van der Waals surface area contributed by atoms with E-state index in [1.54, 1.807) is 26.2 Å². The van der Waals surface area contributed by atoms with E-state index in [1.807, 2.05) is 44.2 Å². The number of benzene rings is 2. The molecule has 0 aliphatic rings. The molecule has 0 aliphatic carbocycles. The highest BCUT2D eigenvalue weighted by Gasteiger charge is 2.20. The third-order valence-electron chi connectivity index (χ3n) is 3.84. The second-order valence-corrected chi connectivity index (χ2v) is 7.81. The van der Waals surface area contributed by atoms with Crippen LogP contribution in [-0.4, -0.2) is 28.7 Å². The molecule has 0 bridgehead atoms. The van der Waals surface area contributed by atoms with Crippen molar-refractivity contribution >= 4 is 10.0 Å². The number of para-hydroxylation sites is 1. The molecular formula is C19H25NO4S. The van der Waals surface area contributed by atoms with Crippen molar-refractivity contribution in [1.29, 1.82) is 0 Å². The lowest BCUT2D eigenvalue weighted by Crippen LogP contribution is -2.29. The standard InChI is InChI=1S/C19H25NO4S/c1-14(2)17-13-19(15(3)12-18(17)23-4)25(21,22)20-10-11-24-16-8-6-5-7-9-16/h5-9,12-14,20H,10-11H2,1-4H3. The Balaban J connectivity index is 2.09. The maximum absolute atomic E-state index is 12.6. The van der Waals surface area contributed by atoms with Crippen molar-refractivity contribution in [2.45, 2.75) is 31.6 Å². The van der Waals surface area contributed by atoms with Crippen molar-refractivity contribution < 1.29 is 17.9 Å². The third-order valence-corrected chi connectivity index (χ3v) is 5.45. The van der Waals surface area contributed by atoms with Crippen LogP contribution in [0.1, 0.15) is 30.9 Å². The monoisotopic (exact) mass is 363 g/mol. The van der Waals surface area contributed by atoms with E-state index in [2.05, 4.69) is 4.72 Å². The molecule has 0 saturated heterocycles. The smallest absolute Gasteiger partial charge is 0.240 e. The molecule has 6 heteroatoms. The van der Waals surface area contributed by atoms with Crippen molar-refractivity contribution in [3.63, 3.8) is 0 Å². The Morgan fingerprint density at radius 1 is 1.12 bits per heavy atom. The van der Waals surface area contributed by atoms with Gasteiger partial charge in [-0.1, -0.05) is 32.0 Å². The van der Waals surface area contributed by atoms with Crippen LogP contribution in [0, 0.1) is 6.92 Å². The number of sulfonamides is 1. The Morgan fingerprint density at radius 3 is 2.40 bits per heavy atom. The van der Waals surface area contributed by atoms with Crippen LogP contribution >= 0.6 is 0 Å². The topological polar surface area (TPSA) is 64.6 Å². The van der Waals surface area contributed by atoms with Gasteiger partial charge in [0.25, 0.3) is 0 Å². The SMILES string of the molecule is COc1cc(C)c(S(=O)(=O)NCCOc2ccccc2)cc1C(C)C. The van der Waals surface area contributed by atoms with Crippen LogP contribution in [0.4, 0.5) is 0 Å². The van der Waals surface area contributed by atoms with E-state index in [9.17, 15) is 8.42 Å². The van der Waals surface area contributed by atoms with Gasteiger partial charge in [0.2, 0.25) is 10.0 Å². The van der Waals surface area contributed by atoms with Gasteiger partial charge in [0, 0.05) is 6.54 Å². The summed E-state index contributed by atoms with van der Waals surface area (Å²) in [7, 11) is -2.02. The van der Waals surface area contributed by atoms with Crippen molar-refractivity contribution in [3.8, 4) is 11.5 Å². The molecule has 2 aromatic rings. The molecule has 2 rings (SSSR count). The van der Waals surface area contributed by atoms with Gasteiger partial charge in [-0.25, -0.2) is 13.1 Å². The number of rotatable bonds is 8. The quantitative estimate of drug-likeness (QED) is 0.729. The largest absolute Gasteiger partial charge is 0.496 e. The molecule has 0 heterocycles. The molecule has 2 aromatic carbocycles. The molecule has 0 atom stereocenters. The van der Waals surface area contributed by atoms with Gasteiger partial charge in [-0.3, -0.25) is 0 Å². The predicted molar refractivity (Wildman–Crippen MR) is 98.9 cm³/mol. The summed E-state index contributed by atoms with van der Waals surface area (Å²) in [5.41, 5.74) is 1.52. The van der Waals surface area contributed by atoms with Gasteiger partial charge in [0.1, 0.15) is 18.1 Å². The molecule has 136 valence electrons. The summed E-state index contributed by atoms with van der Waals surface area (Å²) in [6, 6.07) is 12.8. The van der Waals surface area contributed by atoms with Crippen molar-refractivity contribution in [2.75, 3.05) is 20.3 Å². The lowest BCUT2D eigenvalue weighted by atomic mass is 10.0. The fourth-order valence-corrected chi connectivity index (χ4v) is 3.81. The van der Waals surface area contributed by atoms with Gasteiger partial charge in [-0.05, 0) is 48.2 Å². The van der Waals surface area contributed by atoms with E-state index in [0.717, 1.165) is 5.56 Å². The Kier molecular flexibility index (Phi) is 6.45. The minimum atomic E-state index is -3.61. The number of ether oxygens (including phenoxy) is 2. The molecule has 0 unspecified atom stereocenters. The first-order valence-corrected chi connectivity index (χ1v) is 9.69. The zero-order valence-electron chi connectivity index (χ0n) is 15.1. The highest BCUT2D eigenvalue weighted by molar-refractivity contribution is 7.89. The van der Waals surface area contributed by atoms with Gasteiger partial charge in [-0.15, -0.1) is 0 Å². The summed E-state index contributed by atoms with van der Waals surface area (Å²) in [6.07, 6.45) is 0. The zero-order chi connectivity index (χ0) is 18.4. The average Bonchev–Trinajstić information content (AvgIpc) is 2.58. The first kappa shape index (κ1) is 19.3.